The Morgan fingerprint density at radius 2 is 1.86 bits per heavy atom. The van der Waals surface area contributed by atoms with E-state index in [1.165, 1.54) is 12.1 Å². The molecule has 3 saturated heterocycles. The molecule has 1 N–H and O–H groups in total. The number of alkyl halides is 2. The molecule has 1 amide bonds. The Morgan fingerprint density at radius 1 is 1.08 bits per heavy atom. The number of nitrogens with one attached hydrogen (secondary N) is 1. The third-order valence-corrected chi connectivity index (χ3v) is 8.60. The molecule has 2 aromatic heterocycles. The lowest BCUT2D eigenvalue weighted by Crippen LogP contribution is -2.56. The summed E-state index contributed by atoms with van der Waals surface area (Å²) in [5.74, 6) is -1.91. The number of amides is 1. The first-order valence-electron chi connectivity index (χ1n) is 16.2. The number of hydrogen-bond acceptors (Lipinski definition) is 12. The van der Waals surface area contributed by atoms with E-state index in [0.717, 1.165) is 50.0 Å². The van der Waals surface area contributed by atoms with E-state index in [-0.39, 0.29) is 30.2 Å². The van der Waals surface area contributed by atoms with Crippen molar-refractivity contribution in [3.63, 3.8) is 0 Å². The molecule has 15 heteroatoms. The number of likely N-dealkylation sites (tertiary alicyclic amines) is 1. The van der Waals surface area contributed by atoms with Gasteiger partial charge >= 0.3 is 12.0 Å². The zero-order chi connectivity index (χ0) is 34.8. The number of nitrogens with zero attached hydrogens (tertiary/aromatic N) is 7. The van der Waals surface area contributed by atoms with Gasteiger partial charge in [0, 0.05) is 57.0 Å². The number of pyridine rings is 1. The highest BCUT2D eigenvalue weighted by Crippen LogP contribution is 2.35. The second kappa shape index (κ2) is 14.0. The molecule has 13 nitrogen and oxygen atoms in total. The smallest absolute Gasteiger partial charge is 0.410 e. The van der Waals surface area contributed by atoms with Crippen molar-refractivity contribution in [1.82, 2.24) is 24.8 Å². The number of carbonyl (C=O) groups is 1. The first kappa shape index (κ1) is 34.1. The highest BCUT2D eigenvalue weighted by atomic mass is 19.3. The van der Waals surface area contributed by atoms with E-state index in [1.807, 2.05) is 6.07 Å². The molecule has 0 radical (unpaired) electrons. The normalized spacial score (nSPS) is 19.8. The Hall–Kier alpha value is -4.81. The lowest BCUT2D eigenvalue weighted by atomic mass is 10.0. The van der Waals surface area contributed by atoms with Crippen molar-refractivity contribution >= 4 is 23.5 Å². The molecule has 260 valence electrons. The molecule has 1 atom stereocenters. The first-order valence-corrected chi connectivity index (χ1v) is 16.2. The number of hydrogen-bond donors (Lipinski definition) is 1. The van der Waals surface area contributed by atoms with Gasteiger partial charge in [-0.1, -0.05) is 0 Å². The fraction of sp³-hybridized carbons (Fsp3) is 0.500. The number of anilines is 3. The summed E-state index contributed by atoms with van der Waals surface area (Å²) >= 11 is 0. The van der Waals surface area contributed by atoms with Crippen LogP contribution in [0.15, 0.2) is 42.7 Å². The maximum atomic E-state index is 15.1. The van der Waals surface area contributed by atoms with Gasteiger partial charge in [-0.3, -0.25) is 4.90 Å². The van der Waals surface area contributed by atoms with Crippen LogP contribution in [0.5, 0.6) is 11.5 Å². The van der Waals surface area contributed by atoms with Crippen LogP contribution < -0.4 is 19.7 Å². The standard InChI is InChI=1S/C34H40F2N8O5/c1-33(2,3)49-32(45)44-10-8-29(34(35,36)21-44)48-27-6-5-22(15-23(27)17-37)25-7-9-38-31(40-25)41-30-16-28(46-4)26(18-39-30)43-13-11-42(12-14-43)24-19-47-20-24/h5-7,9,15-16,18,24,29H,8,10-14,19-21H2,1-4H3,(H,38,39,40,41). The minimum absolute atomic E-state index is 0.0175. The molecule has 0 saturated carbocycles. The molecule has 3 fully saturated rings. The Bertz CT molecular complexity index is 1700. The highest BCUT2D eigenvalue weighted by Gasteiger charge is 2.48. The Kier molecular flexibility index (Phi) is 9.71. The predicted molar refractivity (Wildman–Crippen MR) is 176 cm³/mol. The molecule has 0 bridgehead atoms. The molecule has 0 spiro atoms. The number of benzene rings is 1. The number of ether oxygens (including phenoxy) is 4. The zero-order valence-corrected chi connectivity index (χ0v) is 28.0. The molecule has 3 aromatic rings. The molecule has 5 heterocycles. The fourth-order valence-corrected chi connectivity index (χ4v) is 5.94. The minimum atomic E-state index is -3.36. The molecule has 1 unspecified atom stereocenters. The van der Waals surface area contributed by atoms with Crippen molar-refractivity contribution in [3.8, 4) is 28.8 Å². The van der Waals surface area contributed by atoms with Gasteiger partial charge in [0.15, 0.2) is 6.10 Å². The summed E-state index contributed by atoms with van der Waals surface area (Å²) in [6.07, 6.45) is 0.880. The number of nitriles is 1. The maximum absolute atomic E-state index is 15.1. The first-order chi connectivity index (χ1) is 23.4. The van der Waals surface area contributed by atoms with Crippen LogP contribution >= 0.6 is 0 Å². The lowest BCUT2D eigenvalue weighted by Gasteiger charge is -2.43. The van der Waals surface area contributed by atoms with Crippen LogP contribution in [-0.4, -0.2) is 114 Å². The zero-order valence-electron chi connectivity index (χ0n) is 28.0. The summed E-state index contributed by atoms with van der Waals surface area (Å²) in [5.41, 5.74) is 1.23. The van der Waals surface area contributed by atoms with Crippen LogP contribution in [0, 0.1) is 11.3 Å². The van der Waals surface area contributed by atoms with Crippen LogP contribution in [0.3, 0.4) is 0 Å². The molecular weight excluding hydrogens is 638 g/mol. The van der Waals surface area contributed by atoms with E-state index in [1.54, 1.807) is 58.5 Å². The number of aromatic nitrogens is 3. The van der Waals surface area contributed by atoms with Crippen LogP contribution in [-0.2, 0) is 9.47 Å². The fourth-order valence-electron chi connectivity index (χ4n) is 5.94. The van der Waals surface area contributed by atoms with Gasteiger partial charge in [0.25, 0.3) is 0 Å². The number of piperidine rings is 1. The molecule has 6 rings (SSSR count). The third-order valence-electron chi connectivity index (χ3n) is 8.60. The minimum Gasteiger partial charge on any atom is -0.494 e. The summed E-state index contributed by atoms with van der Waals surface area (Å²) in [6, 6.07) is 10.7. The molecule has 49 heavy (non-hydrogen) atoms. The van der Waals surface area contributed by atoms with Gasteiger partial charge in [-0.15, -0.1) is 0 Å². The largest absolute Gasteiger partial charge is 0.494 e. The summed E-state index contributed by atoms with van der Waals surface area (Å²) in [4.78, 5) is 31.5. The van der Waals surface area contributed by atoms with Crippen molar-refractivity contribution in [2.75, 3.05) is 69.8 Å². The van der Waals surface area contributed by atoms with Crippen molar-refractivity contribution in [2.45, 2.75) is 50.9 Å². The van der Waals surface area contributed by atoms with Crippen molar-refractivity contribution < 1.29 is 32.5 Å². The number of methoxy groups -OCH3 is 1. The van der Waals surface area contributed by atoms with Crippen molar-refractivity contribution in [3.05, 3.63) is 48.3 Å². The van der Waals surface area contributed by atoms with Gasteiger partial charge in [-0.05, 0) is 45.0 Å². The van der Waals surface area contributed by atoms with E-state index < -0.39 is 30.3 Å². The van der Waals surface area contributed by atoms with Gasteiger partial charge in [0.05, 0.1) is 56.1 Å². The molecule has 3 aliphatic rings. The SMILES string of the molecule is COc1cc(Nc2nccc(-c3ccc(OC4CCN(C(=O)OC(C)(C)C)CC4(F)F)c(C#N)c3)n2)ncc1N1CCN(C2COC2)CC1. The van der Waals surface area contributed by atoms with Gasteiger partial charge in [-0.25, -0.2) is 28.5 Å². The number of halogens is 2. The van der Waals surface area contributed by atoms with E-state index in [0.29, 0.717) is 28.9 Å². The number of carbonyl (C=O) groups excluding carboxylic acids is 1. The van der Waals surface area contributed by atoms with Crippen LogP contribution in [0.4, 0.5) is 31.0 Å². The molecular formula is C34H40F2N8O5. The van der Waals surface area contributed by atoms with E-state index >= 15 is 8.78 Å². The topological polar surface area (TPSA) is 138 Å². The van der Waals surface area contributed by atoms with Crippen LogP contribution in [0.25, 0.3) is 11.3 Å². The Balaban J connectivity index is 1.11. The van der Waals surface area contributed by atoms with Gasteiger partial charge in [-0.2, -0.15) is 5.26 Å². The number of rotatable bonds is 8. The average molecular weight is 679 g/mol. The second-order valence-corrected chi connectivity index (χ2v) is 13.2. The number of piperazine rings is 1. The predicted octanol–water partition coefficient (Wildman–Crippen LogP) is 4.71. The lowest BCUT2D eigenvalue weighted by molar-refractivity contribution is -0.137. The van der Waals surface area contributed by atoms with E-state index in [2.05, 4.69) is 30.1 Å². The van der Waals surface area contributed by atoms with Crippen LogP contribution in [0.1, 0.15) is 32.8 Å². The van der Waals surface area contributed by atoms with E-state index in [9.17, 15) is 10.1 Å². The molecule has 3 aliphatic heterocycles. The van der Waals surface area contributed by atoms with Crippen molar-refractivity contribution in [1.29, 1.82) is 5.26 Å². The van der Waals surface area contributed by atoms with Crippen molar-refractivity contribution in [2.24, 2.45) is 0 Å². The Labute approximate surface area is 283 Å². The second-order valence-electron chi connectivity index (χ2n) is 13.2. The average Bonchev–Trinajstić information content (AvgIpc) is 3.04. The van der Waals surface area contributed by atoms with Crippen LogP contribution in [0.2, 0.25) is 0 Å². The maximum Gasteiger partial charge on any atom is 0.410 e. The molecule has 0 aliphatic carbocycles. The summed E-state index contributed by atoms with van der Waals surface area (Å²) in [5, 5.41) is 13.0. The third kappa shape index (κ3) is 7.92. The van der Waals surface area contributed by atoms with E-state index in [4.69, 9.17) is 18.9 Å². The highest BCUT2D eigenvalue weighted by molar-refractivity contribution is 5.69. The van der Waals surface area contributed by atoms with Gasteiger partial charge < -0.3 is 34.1 Å². The molecule has 1 aromatic carbocycles. The van der Waals surface area contributed by atoms with Gasteiger partial charge in [0.2, 0.25) is 5.95 Å². The quantitative estimate of drug-likeness (QED) is 0.353. The summed E-state index contributed by atoms with van der Waals surface area (Å²) in [6.45, 7) is 9.41. The summed E-state index contributed by atoms with van der Waals surface area (Å²) < 4.78 is 52.2. The van der Waals surface area contributed by atoms with Gasteiger partial charge in [0.1, 0.15) is 29.0 Å². The Morgan fingerprint density at radius 3 is 2.51 bits per heavy atom. The summed E-state index contributed by atoms with van der Waals surface area (Å²) in [7, 11) is 1.62. The monoisotopic (exact) mass is 678 g/mol.